The summed E-state index contributed by atoms with van der Waals surface area (Å²) in [5.41, 5.74) is 1.13. The van der Waals surface area contributed by atoms with E-state index in [4.69, 9.17) is 49.3 Å². The summed E-state index contributed by atoms with van der Waals surface area (Å²) in [6, 6.07) is 5.34. The molecule has 0 saturated carbocycles. The number of benzene rings is 1. The predicted molar refractivity (Wildman–Crippen MR) is 123 cm³/mol. The van der Waals surface area contributed by atoms with Crippen LogP contribution in [0.1, 0.15) is 0 Å². The average molecular weight is 468 g/mol. The fourth-order valence-electron chi connectivity index (χ4n) is 3.69. The molecule has 1 aliphatic heterocycles. The van der Waals surface area contributed by atoms with Crippen LogP contribution in [0.3, 0.4) is 0 Å². The van der Waals surface area contributed by atoms with Gasteiger partial charge in [-0.2, -0.15) is 0 Å². The molecule has 9 heteroatoms. The highest BCUT2D eigenvalue weighted by molar-refractivity contribution is 6.41. The van der Waals surface area contributed by atoms with E-state index in [9.17, 15) is 0 Å². The minimum atomic E-state index is 0.364. The lowest BCUT2D eigenvalue weighted by Gasteiger charge is -2.36. The Morgan fingerprint density at radius 1 is 1.07 bits per heavy atom. The number of aromatic nitrogens is 2. The molecule has 0 atom stereocenters. The second-order valence-corrected chi connectivity index (χ2v) is 8.48. The molecule has 1 aliphatic rings. The van der Waals surface area contributed by atoms with E-state index in [0.29, 0.717) is 49.7 Å². The van der Waals surface area contributed by atoms with Crippen LogP contribution in [0.15, 0.2) is 24.4 Å². The van der Waals surface area contributed by atoms with Crippen LogP contribution in [0.5, 0.6) is 11.5 Å². The van der Waals surface area contributed by atoms with Crippen LogP contribution in [0.25, 0.3) is 22.0 Å². The first kappa shape index (κ1) is 21.2. The largest absolute Gasteiger partial charge is 0.495 e. The van der Waals surface area contributed by atoms with Gasteiger partial charge in [-0.15, -0.1) is 0 Å². The minimum absolute atomic E-state index is 0.364. The van der Waals surface area contributed by atoms with Crippen molar-refractivity contribution in [1.82, 2.24) is 14.9 Å². The second kappa shape index (κ2) is 8.63. The maximum Gasteiger partial charge on any atom is 0.141 e. The van der Waals surface area contributed by atoms with Crippen molar-refractivity contribution in [2.45, 2.75) is 0 Å². The van der Waals surface area contributed by atoms with E-state index in [1.165, 1.54) is 0 Å². The third-order valence-corrected chi connectivity index (χ3v) is 6.17. The Morgan fingerprint density at radius 3 is 2.33 bits per heavy atom. The summed E-state index contributed by atoms with van der Waals surface area (Å²) in [4.78, 5) is 11.3. The highest BCUT2D eigenvalue weighted by Gasteiger charge is 2.24. The molecule has 0 amide bonds. The van der Waals surface area contributed by atoms with Gasteiger partial charge in [0.15, 0.2) is 0 Å². The summed E-state index contributed by atoms with van der Waals surface area (Å²) in [7, 11) is 5.19. The van der Waals surface area contributed by atoms with Gasteiger partial charge in [-0.1, -0.05) is 34.8 Å². The van der Waals surface area contributed by atoms with E-state index in [1.807, 2.05) is 6.07 Å². The second-order valence-electron chi connectivity index (χ2n) is 7.34. The molecule has 0 unspecified atom stereocenters. The molecule has 1 aromatic carbocycles. The van der Waals surface area contributed by atoms with E-state index in [2.05, 4.69) is 22.2 Å². The van der Waals surface area contributed by atoms with Crippen LogP contribution in [0.2, 0.25) is 15.2 Å². The maximum atomic E-state index is 6.61. The molecule has 30 heavy (non-hydrogen) atoms. The predicted octanol–water partition coefficient (Wildman–Crippen LogP) is 5.25. The van der Waals surface area contributed by atoms with E-state index in [-0.39, 0.29) is 0 Å². The Labute approximate surface area is 190 Å². The summed E-state index contributed by atoms with van der Waals surface area (Å²) in [5, 5.41) is 6.36. The smallest absolute Gasteiger partial charge is 0.141 e. The summed E-state index contributed by atoms with van der Waals surface area (Å²) < 4.78 is 10.8. The number of nitrogens with one attached hydrogen (secondary N) is 1. The van der Waals surface area contributed by atoms with Crippen LogP contribution >= 0.6 is 34.8 Å². The van der Waals surface area contributed by atoms with Gasteiger partial charge in [0.1, 0.15) is 22.5 Å². The molecule has 1 saturated heterocycles. The first-order valence-electron chi connectivity index (χ1n) is 9.40. The van der Waals surface area contributed by atoms with Crippen molar-refractivity contribution in [3.63, 3.8) is 0 Å². The van der Waals surface area contributed by atoms with E-state index in [0.717, 1.165) is 30.4 Å². The number of ether oxygens (including phenoxy) is 2. The topological polar surface area (TPSA) is 59.5 Å². The molecule has 1 fully saturated rings. The van der Waals surface area contributed by atoms with Crippen LogP contribution in [-0.2, 0) is 0 Å². The number of hydrogen-bond acceptors (Lipinski definition) is 6. The zero-order chi connectivity index (χ0) is 21.4. The molecule has 1 N–H and O–H groups in total. The van der Waals surface area contributed by atoms with Crippen molar-refractivity contribution in [3.05, 3.63) is 39.6 Å². The molecule has 0 radical (unpaired) electrons. The first-order valence-corrected chi connectivity index (χ1v) is 10.5. The first-order chi connectivity index (χ1) is 14.4. The standard InChI is InChI=1S/C21H21Cl3N4O2/c1-28-9-11(10-28)7-26-21-13-5-17(22)25-8-12(13)4-14(27-21)18-19(23)15(29-2)6-16(30-3)20(18)24/h4-6,8,11H,7,9-10H2,1-3H3,(H,26,27). The number of nitrogens with zero attached hydrogens (tertiary/aromatic N) is 3. The quantitative estimate of drug-likeness (QED) is 0.500. The minimum Gasteiger partial charge on any atom is -0.495 e. The van der Waals surface area contributed by atoms with E-state index < -0.39 is 0 Å². The molecule has 0 spiro atoms. The average Bonchev–Trinajstić information content (AvgIpc) is 2.71. The van der Waals surface area contributed by atoms with Gasteiger partial charge in [0.05, 0.1) is 30.0 Å². The van der Waals surface area contributed by atoms with Gasteiger partial charge in [-0.05, 0) is 19.2 Å². The van der Waals surface area contributed by atoms with Gasteiger partial charge in [0.2, 0.25) is 0 Å². The van der Waals surface area contributed by atoms with Gasteiger partial charge < -0.3 is 19.7 Å². The lowest BCUT2D eigenvalue weighted by atomic mass is 10.0. The van der Waals surface area contributed by atoms with Crippen LogP contribution in [0, 0.1) is 5.92 Å². The van der Waals surface area contributed by atoms with Gasteiger partial charge in [0.25, 0.3) is 0 Å². The number of methoxy groups -OCH3 is 2. The molecule has 6 nitrogen and oxygen atoms in total. The molecular formula is C21H21Cl3N4O2. The zero-order valence-corrected chi connectivity index (χ0v) is 19.1. The van der Waals surface area contributed by atoms with Crippen molar-refractivity contribution < 1.29 is 9.47 Å². The number of likely N-dealkylation sites (tertiary alicyclic amines) is 1. The molecule has 158 valence electrons. The Kier molecular flexibility index (Phi) is 6.11. The number of pyridine rings is 2. The van der Waals surface area contributed by atoms with Gasteiger partial charge in [0, 0.05) is 54.2 Å². The van der Waals surface area contributed by atoms with Crippen molar-refractivity contribution in [1.29, 1.82) is 0 Å². The van der Waals surface area contributed by atoms with E-state index >= 15 is 0 Å². The summed E-state index contributed by atoms with van der Waals surface area (Å²) in [5.74, 6) is 2.18. The van der Waals surface area contributed by atoms with Crippen molar-refractivity contribution >= 4 is 51.4 Å². The van der Waals surface area contributed by atoms with Gasteiger partial charge in [-0.3, -0.25) is 0 Å². The maximum absolute atomic E-state index is 6.61. The Morgan fingerprint density at radius 2 is 1.73 bits per heavy atom. The molecule has 3 aromatic rings. The normalized spacial score (nSPS) is 14.6. The Balaban J connectivity index is 1.85. The third-order valence-electron chi connectivity index (χ3n) is 5.21. The fourth-order valence-corrected chi connectivity index (χ4v) is 4.54. The lowest BCUT2D eigenvalue weighted by molar-refractivity contribution is 0.144. The SMILES string of the molecule is COc1cc(OC)c(Cl)c(-c2cc3cnc(Cl)cc3c(NCC3CN(C)C3)n2)c1Cl. The summed E-state index contributed by atoms with van der Waals surface area (Å²) >= 11 is 19.4. The molecule has 4 rings (SSSR count). The highest BCUT2D eigenvalue weighted by Crippen LogP contribution is 2.46. The summed E-state index contributed by atoms with van der Waals surface area (Å²) in [6.07, 6.45) is 1.71. The number of fused-ring (bicyclic) bond motifs is 1. The Bertz CT molecular complexity index is 1080. The van der Waals surface area contributed by atoms with Crippen LogP contribution in [-0.4, -0.2) is 55.8 Å². The molecule has 2 aromatic heterocycles. The lowest BCUT2D eigenvalue weighted by Crippen LogP contribution is -2.46. The molecule has 0 bridgehead atoms. The highest BCUT2D eigenvalue weighted by atomic mass is 35.5. The van der Waals surface area contributed by atoms with Gasteiger partial charge in [-0.25, -0.2) is 9.97 Å². The van der Waals surface area contributed by atoms with Crippen molar-refractivity contribution in [2.75, 3.05) is 46.2 Å². The molecule has 0 aliphatic carbocycles. The number of halogens is 3. The molecule has 3 heterocycles. The van der Waals surface area contributed by atoms with E-state index in [1.54, 1.807) is 32.5 Å². The van der Waals surface area contributed by atoms with Gasteiger partial charge >= 0.3 is 0 Å². The van der Waals surface area contributed by atoms with Crippen LogP contribution < -0.4 is 14.8 Å². The monoisotopic (exact) mass is 466 g/mol. The molecular weight excluding hydrogens is 447 g/mol. The Hall–Kier alpha value is -1.99. The summed E-state index contributed by atoms with van der Waals surface area (Å²) in [6.45, 7) is 2.91. The number of hydrogen-bond donors (Lipinski definition) is 1. The van der Waals surface area contributed by atoms with Crippen molar-refractivity contribution in [2.24, 2.45) is 5.92 Å². The fraction of sp³-hybridized carbons (Fsp3) is 0.333. The zero-order valence-electron chi connectivity index (χ0n) is 16.8. The van der Waals surface area contributed by atoms with Crippen LogP contribution in [0.4, 0.5) is 5.82 Å². The van der Waals surface area contributed by atoms with Crippen molar-refractivity contribution in [3.8, 4) is 22.8 Å². The number of rotatable bonds is 6. The number of anilines is 1. The third kappa shape index (κ3) is 3.97.